The van der Waals surface area contributed by atoms with Gasteiger partial charge in [0.15, 0.2) is 6.73 Å². The average molecular weight is 342 g/mol. The van der Waals surface area contributed by atoms with Crippen molar-refractivity contribution < 1.29 is 19.1 Å². The van der Waals surface area contributed by atoms with E-state index in [1.54, 1.807) is 0 Å². The van der Waals surface area contributed by atoms with Gasteiger partial charge < -0.3 is 9.64 Å². The van der Waals surface area contributed by atoms with E-state index in [4.69, 9.17) is 11.2 Å². The quantitative estimate of drug-likeness (QED) is 0.451. The van der Waals surface area contributed by atoms with Gasteiger partial charge in [0.25, 0.3) is 5.91 Å². The number of amides is 3. The zero-order chi connectivity index (χ0) is 18.6. The monoisotopic (exact) mass is 342 g/mol. The Bertz CT molecular complexity index is 703. The summed E-state index contributed by atoms with van der Waals surface area (Å²) in [6.07, 6.45) is 5.17. The van der Waals surface area contributed by atoms with Crippen molar-refractivity contribution in [2.45, 2.75) is 26.7 Å². The Kier molecular flexibility index (Phi) is 5.81. The Balaban J connectivity index is 2.05. The van der Waals surface area contributed by atoms with Gasteiger partial charge in [-0.15, -0.1) is 6.42 Å². The lowest BCUT2D eigenvalue weighted by Crippen LogP contribution is -2.36. The molecule has 1 aromatic rings. The molecule has 0 bridgehead atoms. The molecule has 132 valence electrons. The zero-order valence-corrected chi connectivity index (χ0v) is 14.7. The summed E-state index contributed by atoms with van der Waals surface area (Å²) in [6, 6.07) is 7.11. The van der Waals surface area contributed by atoms with Gasteiger partial charge in [0.2, 0.25) is 0 Å². The van der Waals surface area contributed by atoms with E-state index in [-0.39, 0.29) is 19.0 Å². The summed E-state index contributed by atoms with van der Waals surface area (Å²) >= 11 is 0. The number of hydrogen-bond donors (Lipinski definition) is 0. The molecule has 2 rings (SSSR count). The summed E-state index contributed by atoms with van der Waals surface area (Å²) in [5.41, 5.74) is 1.94. The smallest absolute Gasteiger partial charge is 0.330 e. The summed E-state index contributed by atoms with van der Waals surface area (Å²) in [6.45, 7) is 5.38. The molecular weight excluding hydrogens is 320 g/mol. The standard InChI is InChI=1S/C19H22N2O4/c1-5-10-20-11-16(22)21(19(20)24)12-25-18(23)17(13(2)3)15-8-6-14(4)7-9-15/h1,6-9,13,17H,10-12H2,2-4H3. The van der Waals surface area contributed by atoms with Crippen molar-refractivity contribution >= 4 is 17.9 Å². The fraction of sp³-hybridized carbons (Fsp3) is 0.421. The van der Waals surface area contributed by atoms with E-state index in [1.165, 1.54) is 4.90 Å². The number of carbonyl (C=O) groups is 3. The van der Waals surface area contributed by atoms with Crippen LogP contribution in [-0.2, 0) is 14.3 Å². The molecular formula is C19H22N2O4. The summed E-state index contributed by atoms with van der Waals surface area (Å²) in [4.78, 5) is 38.6. The summed E-state index contributed by atoms with van der Waals surface area (Å²) in [7, 11) is 0. The predicted molar refractivity (Wildman–Crippen MR) is 92.4 cm³/mol. The fourth-order valence-electron chi connectivity index (χ4n) is 2.74. The third kappa shape index (κ3) is 4.18. The van der Waals surface area contributed by atoms with Crippen molar-refractivity contribution in [3.63, 3.8) is 0 Å². The number of urea groups is 1. The van der Waals surface area contributed by atoms with Gasteiger partial charge in [-0.2, -0.15) is 0 Å². The normalized spacial score (nSPS) is 15.5. The van der Waals surface area contributed by atoms with Crippen LogP contribution in [0.5, 0.6) is 0 Å². The lowest BCUT2D eigenvalue weighted by atomic mass is 9.88. The summed E-state index contributed by atoms with van der Waals surface area (Å²) in [5, 5.41) is 0. The van der Waals surface area contributed by atoms with Crippen molar-refractivity contribution in [2.24, 2.45) is 5.92 Å². The van der Waals surface area contributed by atoms with E-state index in [0.717, 1.165) is 16.0 Å². The van der Waals surface area contributed by atoms with Gasteiger partial charge in [-0.3, -0.25) is 9.59 Å². The van der Waals surface area contributed by atoms with Crippen LogP contribution in [0.4, 0.5) is 4.79 Å². The number of hydrogen-bond acceptors (Lipinski definition) is 4. The first-order valence-electron chi connectivity index (χ1n) is 8.11. The highest BCUT2D eigenvalue weighted by atomic mass is 16.5. The van der Waals surface area contributed by atoms with Crippen LogP contribution in [0, 0.1) is 25.2 Å². The Morgan fingerprint density at radius 3 is 2.48 bits per heavy atom. The molecule has 6 nitrogen and oxygen atoms in total. The van der Waals surface area contributed by atoms with Gasteiger partial charge in [-0.1, -0.05) is 49.6 Å². The molecule has 1 atom stereocenters. The molecule has 1 aliphatic heterocycles. The van der Waals surface area contributed by atoms with Crippen LogP contribution in [0.3, 0.4) is 0 Å². The predicted octanol–water partition coefficient (Wildman–Crippen LogP) is 2.13. The zero-order valence-electron chi connectivity index (χ0n) is 14.7. The van der Waals surface area contributed by atoms with Crippen LogP contribution in [0.25, 0.3) is 0 Å². The van der Waals surface area contributed by atoms with Gasteiger partial charge in [-0.05, 0) is 18.4 Å². The molecule has 1 fully saturated rings. The number of rotatable bonds is 6. The first-order valence-corrected chi connectivity index (χ1v) is 8.11. The van der Waals surface area contributed by atoms with Crippen LogP contribution < -0.4 is 0 Å². The number of nitrogens with zero attached hydrogens (tertiary/aromatic N) is 2. The van der Waals surface area contributed by atoms with Crippen LogP contribution in [0.1, 0.15) is 30.9 Å². The van der Waals surface area contributed by atoms with Crippen molar-refractivity contribution in [3.05, 3.63) is 35.4 Å². The molecule has 1 aliphatic rings. The third-order valence-corrected chi connectivity index (χ3v) is 4.10. The molecule has 1 unspecified atom stereocenters. The minimum Gasteiger partial charge on any atom is -0.443 e. The van der Waals surface area contributed by atoms with Crippen LogP contribution in [0.15, 0.2) is 24.3 Å². The number of esters is 1. The summed E-state index contributed by atoms with van der Waals surface area (Å²) < 4.78 is 5.27. The van der Waals surface area contributed by atoms with Crippen LogP contribution in [-0.4, -0.2) is 47.5 Å². The van der Waals surface area contributed by atoms with Gasteiger partial charge in [0, 0.05) is 0 Å². The second kappa shape index (κ2) is 7.84. The Hall–Kier alpha value is -2.81. The van der Waals surface area contributed by atoms with E-state index < -0.39 is 30.6 Å². The number of carbonyl (C=O) groups excluding carboxylic acids is 3. The average Bonchev–Trinajstić information content (AvgIpc) is 2.81. The molecule has 6 heteroatoms. The molecule has 0 aliphatic carbocycles. The van der Waals surface area contributed by atoms with Crippen molar-refractivity contribution in [2.75, 3.05) is 19.8 Å². The van der Waals surface area contributed by atoms with Gasteiger partial charge in [0.05, 0.1) is 12.5 Å². The van der Waals surface area contributed by atoms with Crippen LogP contribution in [0.2, 0.25) is 0 Å². The van der Waals surface area contributed by atoms with Crippen molar-refractivity contribution in [3.8, 4) is 12.3 Å². The molecule has 0 aromatic heterocycles. The maximum atomic E-state index is 12.5. The second-order valence-electron chi connectivity index (χ2n) is 6.39. The van der Waals surface area contributed by atoms with Crippen molar-refractivity contribution in [1.82, 2.24) is 9.80 Å². The maximum Gasteiger partial charge on any atom is 0.330 e. The SMILES string of the molecule is C#CCN1CC(=O)N(COC(=O)C(c2ccc(C)cc2)C(C)C)C1=O. The highest BCUT2D eigenvalue weighted by molar-refractivity contribution is 6.02. The Morgan fingerprint density at radius 2 is 1.92 bits per heavy atom. The Morgan fingerprint density at radius 1 is 1.28 bits per heavy atom. The molecule has 1 heterocycles. The minimum absolute atomic E-state index is 0.0122. The first kappa shape index (κ1) is 18.5. The Labute approximate surface area is 147 Å². The number of terminal acetylenes is 1. The maximum absolute atomic E-state index is 12.5. The minimum atomic E-state index is -0.535. The van der Waals surface area contributed by atoms with Crippen LogP contribution >= 0.6 is 0 Å². The largest absolute Gasteiger partial charge is 0.443 e. The molecule has 1 saturated heterocycles. The number of aryl methyl sites for hydroxylation is 1. The topological polar surface area (TPSA) is 66.9 Å². The number of imide groups is 1. The number of ether oxygens (including phenoxy) is 1. The molecule has 3 amide bonds. The highest BCUT2D eigenvalue weighted by Crippen LogP contribution is 2.26. The third-order valence-electron chi connectivity index (χ3n) is 4.10. The van der Waals surface area contributed by atoms with E-state index in [0.29, 0.717) is 0 Å². The first-order chi connectivity index (χ1) is 11.8. The van der Waals surface area contributed by atoms with E-state index >= 15 is 0 Å². The second-order valence-corrected chi connectivity index (χ2v) is 6.39. The van der Waals surface area contributed by atoms with E-state index in [1.807, 2.05) is 45.0 Å². The lowest BCUT2D eigenvalue weighted by Gasteiger charge is -2.22. The fourth-order valence-corrected chi connectivity index (χ4v) is 2.74. The molecule has 25 heavy (non-hydrogen) atoms. The molecule has 0 radical (unpaired) electrons. The summed E-state index contributed by atoms with van der Waals surface area (Å²) in [5.74, 6) is 0.984. The van der Waals surface area contributed by atoms with Gasteiger partial charge in [0.1, 0.15) is 6.54 Å². The lowest BCUT2D eigenvalue weighted by molar-refractivity contribution is -0.151. The molecule has 1 aromatic carbocycles. The van der Waals surface area contributed by atoms with E-state index in [2.05, 4.69) is 5.92 Å². The molecule has 0 N–H and O–H groups in total. The molecule has 0 saturated carbocycles. The van der Waals surface area contributed by atoms with E-state index in [9.17, 15) is 14.4 Å². The highest BCUT2D eigenvalue weighted by Gasteiger charge is 2.37. The molecule has 0 spiro atoms. The van der Waals surface area contributed by atoms with Gasteiger partial charge >= 0.3 is 12.0 Å². The van der Waals surface area contributed by atoms with Crippen molar-refractivity contribution in [1.29, 1.82) is 0 Å². The van der Waals surface area contributed by atoms with Gasteiger partial charge in [-0.25, -0.2) is 9.69 Å². The number of benzene rings is 1.